The molecule has 0 aromatic heterocycles. The van der Waals surface area contributed by atoms with Crippen LogP contribution in [0.4, 0.5) is 4.79 Å². The molecule has 25 heavy (non-hydrogen) atoms. The second kappa shape index (κ2) is 9.43. The Morgan fingerprint density at radius 2 is 1.80 bits per heavy atom. The first-order valence-electron chi connectivity index (χ1n) is 9.17. The van der Waals surface area contributed by atoms with Crippen LogP contribution in [-0.4, -0.2) is 49.1 Å². The normalized spacial score (nSPS) is 20.1. The molecule has 0 heterocycles. The Balaban J connectivity index is 1.98. The molecule has 1 N–H and O–H groups in total. The molecule has 1 saturated carbocycles. The van der Waals surface area contributed by atoms with Crippen LogP contribution in [0.25, 0.3) is 0 Å². The molecule has 0 atom stereocenters. The van der Waals surface area contributed by atoms with Crippen molar-refractivity contribution in [2.75, 3.05) is 27.2 Å². The van der Waals surface area contributed by atoms with E-state index in [4.69, 9.17) is 5.26 Å². The summed E-state index contributed by atoms with van der Waals surface area (Å²) in [5, 5.41) is 12.1. The summed E-state index contributed by atoms with van der Waals surface area (Å²) in [5.74, 6) is 0.775. The van der Waals surface area contributed by atoms with Crippen molar-refractivity contribution >= 4 is 6.03 Å². The Kier molecular flexibility index (Phi) is 7.27. The minimum atomic E-state index is 0.0192. The molecule has 0 saturated heterocycles. The summed E-state index contributed by atoms with van der Waals surface area (Å²) >= 11 is 0. The van der Waals surface area contributed by atoms with Crippen LogP contribution in [0.5, 0.6) is 0 Å². The minimum absolute atomic E-state index is 0.0192. The lowest BCUT2D eigenvalue weighted by Crippen LogP contribution is -2.47. The third-order valence-electron chi connectivity index (χ3n) is 4.90. The summed E-state index contributed by atoms with van der Waals surface area (Å²) in [6.45, 7) is 4.36. The predicted octanol–water partition coefficient (Wildman–Crippen LogP) is 3.21. The largest absolute Gasteiger partial charge is 0.335 e. The number of hydrogen-bond acceptors (Lipinski definition) is 3. The zero-order chi connectivity index (χ0) is 18.2. The number of urea groups is 1. The van der Waals surface area contributed by atoms with Crippen molar-refractivity contribution in [3.05, 3.63) is 35.4 Å². The third kappa shape index (κ3) is 6.39. The molecule has 136 valence electrons. The van der Waals surface area contributed by atoms with Crippen LogP contribution in [0, 0.1) is 17.2 Å². The Morgan fingerprint density at radius 1 is 1.16 bits per heavy atom. The average Bonchev–Trinajstić information content (AvgIpc) is 2.60. The van der Waals surface area contributed by atoms with Gasteiger partial charge in [-0.25, -0.2) is 4.79 Å². The first kappa shape index (κ1) is 19.3. The fourth-order valence-electron chi connectivity index (χ4n) is 3.15. The number of carbonyl (C=O) groups is 1. The molecule has 1 fully saturated rings. The fraction of sp³-hybridized carbons (Fsp3) is 0.600. The molecule has 0 unspecified atom stereocenters. The topological polar surface area (TPSA) is 59.4 Å². The van der Waals surface area contributed by atoms with Gasteiger partial charge in [0.2, 0.25) is 0 Å². The Labute approximate surface area is 151 Å². The van der Waals surface area contributed by atoms with Gasteiger partial charge in [-0.15, -0.1) is 0 Å². The van der Waals surface area contributed by atoms with E-state index in [0.29, 0.717) is 24.7 Å². The van der Waals surface area contributed by atoms with Crippen LogP contribution in [0.15, 0.2) is 24.3 Å². The van der Waals surface area contributed by atoms with Crippen LogP contribution in [0.1, 0.15) is 43.7 Å². The predicted molar refractivity (Wildman–Crippen MR) is 100 cm³/mol. The van der Waals surface area contributed by atoms with E-state index in [1.165, 1.54) is 12.8 Å². The van der Waals surface area contributed by atoms with Crippen molar-refractivity contribution in [2.24, 2.45) is 5.92 Å². The van der Waals surface area contributed by atoms with Crippen LogP contribution >= 0.6 is 0 Å². The lowest BCUT2D eigenvalue weighted by Gasteiger charge is -2.31. The molecule has 0 radical (unpaired) electrons. The highest BCUT2D eigenvalue weighted by Gasteiger charge is 2.22. The molecule has 2 amide bonds. The number of likely N-dealkylation sites (N-methyl/N-ethyl adjacent to an activating group) is 1. The summed E-state index contributed by atoms with van der Waals surface area (Å²) < 4.78 is 0. The van der Waals surface area contributed by atoms with Gasteiger partial charge in [-0.3, -0.25) is 0 Å². The van der Waals surface area contributed by atoms with E-state index in [2.05, 4.69) is 23.2 Å². The fourth-order valence-corrected chi connectivity index (χ4v) is 3.15. The lowest BCUT2D eigenvalue weighted by molar-refractivity contribution is 0.179. The maximum Gasteiger partial charge on any atom is 0.317 e. The van der Waals surface area contributed by atoms with Crippen molar-refractivity contribution in [3.8, 4) is 6.07 Å². The van der Waals surface area contributed by atoms with Gasteiger partial charge in [0, 0.05) is 25.7 Å². The SMILES string of the molecule is CC1CCC(NC(=O)N(CCN(C)C)Cc2ccc(C#N)cc2)CC1. The lowest BCUT2D eigenvalue weighted by atomic mass is 9.87. The van der Waals surface area contributed by atoms with Crippen LogP contribution in [0.2, 0.25) is 0 Å². The molecular formula is C20H30N4O. The van der Waals surface area contributed by atoms with E-state index in [9.17, 15) is 4.79 Å². The van der Waals surface area contributed by atoms with Gasteiger partial charge < -0.3 is 15.1 Å². The highest BCUT2D eigenvalue weighted by molar-refractivity contribution is 5.74. The summed E-state index contributed by atoms with van der Waals surface area (Å²) in [4.78, 5) is 16.7. The quantitative estimate of drug-likeness (QED) is 0.863. The highest BCUT2D eigenvalue weighted by atomic mass is 16.2. The molecule has 0 aliphatic heterocycles. The minimum Gasteiger partial charge on any atom is -0.335 e. The number of rotatable bonds is 6. The number of hydrogen-bond donors (Lipinski definition) is 1. The Bertz CT molecular complexity index is 583. The van der Waals surface area contributed by atoms with E-state index in [-0.39, 0.29) is 6.03 Å². The van der Waals surface area contributed by atoms with Crippen LogP contribution in [0.3, 0.4) is 0 Å². The number of nitrogens with one attached hydrogen (secondary N) is 1. The standard InChI is InChI=1S/C20H30N4O/c1-16-4-10-19(11-5-16)22-20(25)24(13-12-23(2)3)15-18-8-6-17(14-21)7-9-18/h6-9,16,19H,4-5,10-13,15H2,1-3H3,(H,22,25). The number of benzene rings is 1. The van der Waals surface area contributed by atoms with Crippen LogP contribution in [-0.2, 0) is 6.54 Å². The Hall–Kier alpha value is -2.06. The number of carbonyl (C=O) groups excluding carboxylic acids is 1. The molecular weight excluding hydrogens is 312 g/mol. The van der Waals surface area contributed by atoms with E-state index >= 15 is 0 Å². The molecule has 5 nitrogen and oxygen atoms in total. The van der Waals surface area contributed by atoms with Crippen molar-refractivity contribution in [3.63, 3.8) is 0 Å². The molecule has 1 aliphatic rings. The van der Waals surface area contributed by atoms with Crippen molar-refractivity contribution in [1.29, 1.82) is 5.26 Å². The molecule has 5 heteroatoms. The molecule has 0 spiro atoms. The third-order valence-corrected chi connectivity index (χ3v) is 4.90. The van der Waals surface area contributed by atoms with Gasteiger partial charge in [0.15, 0.2) is 0 Å². The second-order valence-corrected chi connectivity index (χ2v) is 7.44. The monoisotopic (exact) mass is 342 g/mol. The van der Waals surface area contributed by atoms with E-state index in [0.717, 1.165) is 30.9 Å². The van der Waals surface area contributed by atoms with Crippen molar-refractivity contribution in [2.45, 2.75) is 45.2 Å². The smallest absolute Gasteiger partial charge is 0.317 e. The molecule has 1 aromatic carbocycles. The number of nitrogens with zero attached hydrogens (tertiary/aromatic N) is 3. The first-order valence-corrected chi connectivity index (χ1v) is 9.17. The van der Waals surface area contributed by atoms with Gasteiger partial charge in [0.05, 0.1) is 11.6 Å². The highest BCUT2D eigenvalue weighted by Crippen LogP contribution is 2.23. The first-order chi connectivity index (χ1) is 12.0. The number of amides is 2. The van der Waals surface area contributed by atoms with E-state index in [1.807, 2.05) is 31.1 Å². The van der Waals surface area contributed by atoms with Crippen molar-refractivity contribution < 1.29 is 4.79 Å². The van der Waals surface area contributed by atoms with Crippen molar-refractivity contribution in [1.82, 2.24) is 15.1 Å². The molecule has 0 bridgehead atoms. The summed E-state index contributed by atoms with van der Waals surface area (Å²) in [7, 11) is 4.03. The summed E-state index contributed by atoms with van der Waals surface area (Å²) in [5.41, 5.74) is 1.69. The van der Waals surface area contributed by atoms with Gasteiger partial charge in [0.1, 0.15) is 0 Å². The molecule has 2 rings (SSSR count). The Morgan fingerprint density at radius 3 is 2.36 bits per heavy atom. The van der Waals surface area contributed by atoms with Gasteiger partial charge in [-0.05, 0) is 63.4 Å². The van der Waals surface area contributed by atoms with Gasteiger partial charge in [0.25, 0.3) is 0 Å². The van der Waals surface area contributed by atoms with E-state index in [1.54, 1.807) is 12.1 Å². The maximum atomic E-state index is 12.8. The number of nitriles is 1. The average molecular weight is 342 g/mol. The maximum absolute atomic E-state index is 12.8. The summed E-state index contributed by atoms with van der Waals surface area (Å²) in [6.07, 6.45) is 4.53. The van der Waals surface area contributed by atoms with E-state index < -0.39 is 0 Å². The molecule has 1 aromatic rings. The molecule has 1 aliphatic carbocycles. The van der Waals surface area contributed by atoms with Gasteiger partial charge in [-0.1, -0.05) is 19.1 Å². The summed E-state index contributed by atoms with van der Waals surface area (Å²) in [6, 6.07) is 9.91. The zero-order valence-corrected chi connectivity index (χ0v) is 15.7. The zero-order valence-electron chi connectivity index (χ0n) is 15.7. The van der Waals surface area contributed by atoms with Gasteiger partial charge in [-0.2, -0.15) is 5.26 Å². The van der Waals surface area contributed by atoms with Crippen LogP contribution < -0.4 is 5.32 Å². The second-order valence-electron chi connectivity index (χ2n) is 7.44. The van der Waals surface area contributed by atoms with Gasteiger partial charge >= 0.3 is 6.03 Å².